The lowest BCUT2D eigenvalue weighted by Crippen LogP contribution is -2.42. The molecule has 0 spiro atoms. The van der Waals surface area contributed by atoms with Crippen LogP contribution in [0.25, 0.3) is 0 Å². The summed E-state index contributed by atoms with van der Waals surface area (Å²) in [5.41, 5.74) is 1.10. The first-order valence-electron chi connectivity index (χ1n) is 9.87. The fourth-order valence-corrected chi connectivity index (χ4v) is 3.92. The van der Waals surface area contributed by atoms with Crippen LogP contribution in [0.5, 0.6) is 17.2 Å². The lowest BCUT2D eigenvalue weighted by atomic mass is 10.2. The van der Waals surface area contributed by atoms with Gasteiger partial charge in [0.05, 0.1) is 21.3 Å². The third-order valence-electron chi connectivity index (χ3n) is 4.63. The van der Waals surface area contributed by atoms with Crippen molar-refractivity contribution < 1.29 is 19.0 Å². The first-order chi connectivity index (χ1) is 14.3. The second-order valence-corrected chi connectivity index (χ2v) is 8.12. The second kappa shape index (κ2) is 11.0. The Morgan fingerprint density at radius 2 is 1.67 bits per heavy atom. The zero-order valence-corrected chi connectivity index (χ0v) is 19.6. The largest absolute Gasteiger partial charge is 0.493 e. The predicted octanol–water partition coefficient (Wildman–Crippen LogP) is 3.76. The van der Waals surface area contributed by atoms with E-state index in [0.717, 1.165) is 12.2 Å². The standard InChI is InChI=1S/C21H32N4O4S/c1-13(2)25(14(3)4)9-8-22-20(26)16-12-30-21(24-16)23-15-10-17(27-5)19(29-7)18(11-15)28-6/h10-14H,8-9H2,1-7H3,(H,22,26)(H,23,24). The highest BCUT2D eigenvalue weighted by molar-refractivity contribution is 7.14. The van der Waals surface area contributed by atoms with Gasteiger partial charge in [-0.25, -0.2) is 4.98 Å². The van der Waals surface area contributed by atoms with Crippen molar-refractivity contribution in [3.05, 3.63) is 23.2 Å². The molecule has 2 N–H and O–H groups in total. The van der Waals surface area contributed by atoms with Crippen molar-refractivity contribution >= 4 is 28.1 Å². The molecule has 0 saturated heterocycles. The number of nitrogens with one attached hydrogen (secondary N) is 2. The highest BCUT2D eigenvalue weighted by Crippen LogP contribution is 2.40. The summed E-state index contributed by atoms with van der Waals surface area (Å²) in [7, 11) is 4.68. The van der Waals surface area contributed by atoms with Gasteiger partial charge in [0.25, 0.3) is 5.91 Å². The first-order valence-corrected chi connectivity index (χ1v) is 10.7. The quantitative estimate of drug-likeness (QED) is 0.555. The Morgan fingerprint density at radius 3 is 2.17 bits per heavy atom. The van der Waals surface area contributed by atoms with Crippen molar-refractivity contribution in [1.82, 2.24) is 15.2 Å². The molecule has 8 nitrogen and oxygen atoms in total. The van der Waals surface area contributed by atoms with Crippen molar-refractivity contribution in [1.29, 1.82) is 0 Å². The number of hydrogen-bond acceptors (Lipinski definition) is 8. The molecule has 0 radical (unpaired) electrons. The zero-order chi connectivity index (χ0) is 22.3. The van der Waals surface area contributed by atoms with Gasteiger partial charge in [-0.2, -0.15) is 0 Å². The Morgan fingerprint density at radius 1 is 1.07 bits per heavy atom. The van der Waals surface area contributed by atoms with Crippen LogP contribution < -0.4 is 24.8 Å². The van der Waals surface area contributed by atoms with Crippen LogP contribution in [0, 0.1) is 0 Å². The average molecular weight is 437 g/mol. The third kappa shape index (κ3) is 5.99. The molecule has 0 aliphatic rings. The molecule has 1 aromatic carbocycles. The maximum Gasteiger partial charge on any atom is 0.270 e. The zero-order valence-electron chi connectivity index (χ0n) is 18.7. The van der Waals surface area contributed by atoms with E-state index in [9.17, 15) is 4.79 Å². The summed E-state index contributed by atoms with van der Waals surface area (Å²) in [5, 5.41) is 8.47. The van der Waals surface area contributed by atoms with Gasteiger partial charge in [0.2, 0.25) is 5.75 Å². The summed E-state index contributed by atoms with van der Waals surface area (Å²) >= 11 is 1.35. The number of rotatable bonds is 11. The lowest BCUT2D eigenvalue weighted by Gasteiger charge is -2.30. The van der Waals surface area contributed by atoms with Crippen molar-refractivity contribution in [2.24, 2.45) is 0 Å². The molecule has 0 bridgehead atoms. The second-order valence-electron chi connectivity index (χ2n) is 7.26. The van der Waals surface area contributed by atoms with Crippen LogP contribution in [-0.2, 0) is 0 Å². The number of carbonyl (C=O) groups excluding carboxylic acids is 1. The Bertz CT molecular complexity index is 805. The Balaban J connectivity index is 2.02. The van der Waals surface area contributed by atoms with E-state index in [4.69, 9.17) is 14.2 Å². The molecule has 1 amide bonds. The maximum absolute atomic E-state index is 12.4. The van der Waals surface area contributed by atoms with Gasteiger partial charge in [-0.1, -0.05) is 0 Å². The Hall–Kier alpha value is -2.52. The number of anilines is 2. The molecular weight excluding hydrogens is 404 g/mol. The molecule has 0 saturated carbocycles. The topological polar surface area (TPSA) is 85.0 Å². The predicted molar refractivity (Wildman–Crippen MR) is 121 cm³/mol. The number of carbonyl (C=O) groups is 1. The van der Waals surface area contributed by atoms with Crippen LogP contribution in [0.1, 0.15) is 38.2 Å². The number of hydrogen-bond donors (Lipinski definition) is 2. The van der Waals surface area contributed by atoms with Crippen molar-refractivity contribution in [3.63, 3.8) is 0 Å². The number of benzene rings is 1. The smallest absolute Gasteiger partial charge is 0.270 e. The van der Waals surface area contributed by atoms with Gasteiger partial charge < -0.3 is 24.8 Å². The van der Waals surface area contributed by atoms with Crippen molar-refractivity contribution in [2.75, 3.05) is 39.7 Å². The molecule has 0 unspecified atom stereocenters. The fourth-order valence-electron chi connectivity index (χ4n) is 3.21. The van der Waals surface area contributed by atoms with E-state index >= 15 is 0 Å². The van der Waals surface area contributed by atoms with Gasteiger partial charge in [-0.05, 0) is 27.7 Å². The van der Waals surface area contributed by atoms with Crippen molar-refractivity contribution in [2.45, 2.75) is 39.8 Å². The number of amides is 1. The van der Waals surface area contributed by atoms with Crippen LogP contribution in [0.3, 0.4) is 0 Å². The Kier molecular flexibility index (Phi) is 8.73. The molecule has 0 aliphatic heterocycles. The monoisotopic (exact) mass is 436 g/mol. The highest BCUT2D eigenvalue weighted by atomic mass is 32.1. The molecule has 0 fully saturated rings. The van der Waals surface area contributed by atoms with E-state index < -0.39 is 0 Å². The van der Waals surface area contributed by atoms with Gasteiger partial charge in [0, 0.05) is 48.4 Å². The van der Waals surface area contributed by atoms with Gasteiger partial charge in [-0.3, -0.25) is 9.69 Å². The van der Waals surface area contributed by atoms with Crippen molar-refractivity contribution in [3.8, 4) is 17.2 Å². The van der Waals surface area contributed by atoms with E-state index in [-0.39, 0.29) is 5.91 Å². The summed E-state index contributed by atoms with van der Waals surface area (Å²) in [6, 6.07) is 4.43. The summed E-state index contributed by atoms with van der Waals surface area (Å²) in [6.07, 6.45) is 0. The molecular formula is C21H32N4O4S. The Labute approximate surface area is 182 Å². The van der Waals surface area contributed by atoms with Gasteiger partial charge in [-0.15, -0.1) is 11.3 Å². The summed E-state index contributed by atoms with van der Waals surface area (Å²) in [6.45, 7) is 9.99. The normalized spacial score (nSPS) is 11.1. The van der Waals surface area contributed by atoms with Crippen LogP contribution in [0.4, 0.5) is 10.8 Å². The van der Waals surface area contributed by atoms with E-state index in [2.05, 4.69) is 48.2 Å². The molecule has 0 aliphatic carbocycles. The van der Waals surface area contributed by atoms with Crippen LogP contribution >= 0.6 is 11.3 Å². The summed E-state index contributed by atoms with van der Waals surface area (Å²) < 4.78 is 16.1. The molecule has 2 rings (SSSR count). The van der Waals surface area contributed by atoms with Gasteiger partial charge in [0.1, 0.15) is 5.69 Å². The molecule has 1 aromatic heterocycles. The average Bonchev–Trinajstić information content (AvgIpc) is 3.18. The first kappa shape index (κ1) is 23.8. The van der Waals surface area contributed by atoms with Gasteiger partial charge in [0.15, 0.2) is 16.6 Å². The third-order valence-corrected chi connectivity index (χ3v) is 5.39. The minimum absolute atomic E-state index is 0.184. The molecule has 9 heteroatoms. The highest BCUT2D eigenvalue weighted by Gasteiger charge is 2.16. The number of methoxy groups -OCH3 is 3. The molecule has 30 heavy (non-hydrogen) atoms. The molecule has 1 heterocycles. The maximum atomic E-state index is 12.4. The van der Waals surface area contributed by atoms with Gasteiger partial charge >= 0.3 is 0 Å². The fraction of sp³-hybridized carbons (Fsp3) is 0.524. The van der Waals surface area contributed by atoms with E-state index in [1.54, 1.807) is 38.8 Å². The SMILES string of the molecule is COc1cc(Nc2nc(C(=O)NCCN(C(C)C)C(C)C)cs2)cc(OC)c1OC. The minimum Gasteiger partial charge on any atom is -0.493 e. The van der Waals surface area contributed by atoms with E-state index in [0.29, 0.717) is 46.7 Å². The minimum atomic E-state index is -0.184. The van der Waals surface area contributed by atoms with Crippen LogP contribution in [0.15, 0.2) is 17.5 Å². The molecule has 0 atom stereocenters. The number of aromatic nitrogens is 1. The van der Waals surface area contributed by atoms with E-state index in [1.165, 1.54) is 11.3 Å². The van der Waals surface area contributed by atoms with E-state index in [1.807, 2.05) is 0 Å². The lowest BCUT2D eigenvalue weighted by molar-refractivity contribution is 0.0935. The number of ether oxygens (including phenoxy) is 3. The summed E-state index contributed by atoms with van der Waals surface area (Å²) in [5.74, 6) is 1.40. The van der Waals surface area contributed by atoms with Crippen LogP contribution in [-0.4, -0.2) is 62.3 Å². The molecule has 166 valence electrons. The molecule has 2 aromatic rings. The summed E-state index contributed by atoms with van der Waals surface area (Å²) in [4.78, 5) is 19.2. The number of nitrogens with zero attached hydrogens (tertiary/aromatic N) is 2. The van der Waals surface area contributed by atoms with Crippen LogP contribution in [0.2, 0.25) is 0 Å². The number of thiazole rings is 1.